The van der Waals surface area contributed by atoms with E-state index in [1.54, 1.807) is 11.4 Å². The van der Waals surface area contributed by atoms with Crippen molar-refractivity contribution >= 4 is 46.0 Å². The number of aromatic amines is 1. The molecule has 5 rings (SSSR count). The molecule has 2 aromatic rings. The van der Waals surface area contributed by atoms with E-state index in [2.05, 4.69) is 35.4 Å². The summed E-state index contributed by atoms with van der Waals surface area (Å²) in [6.07, 6.45) is 2.44. The third kappa shape index (κ3) is 4.17. The summed E-state index contributed by atoms with van der Waals surface area (Å²) in [4.78, 5) is 22.8. The first-order valence-electron chi connectivity index (χ1n) is 11.3. The molecular formula is C21H30N5O5PS2. The lowest BCUT2D eigenvalue weighted by Gasteiger charge is -2.37. The number of rotatable bonds is 5. The van der Waals surface area contributed by atoms with E-state index in [4.69, 9.17) is 31.3 Å². The Hall–Kier alpha value is -1.27. The number of H-pyrrole nitrogens is 1. The van der Waals surface area contributed by atoms with Gasteiger partial charge in [0.05, 0.1) is 25.1 Å². The van der Waals surface area contributed by atoms with Gasteiger partial charge in [-0.25, -0.2) is 4.98 Å². The number of aromatic nitrogens is 4. The van der Waals surface area contributed by atoms with Gasteiger partial charge in [-0.05, 0) is 50.8 Å². The molecule has 0 spiro atoms. The van der Waals surface area contributed by atoms with Crippen LogP contribution in [0.4, 0.5) is 5.95 Å². The normalized spacial score (nSPS) is 40.0. The van der Waals surface area contributed by atoms with Gasteiger partial charge in [-0.15, -0.1) is 0 Å². The zero-order valence-electron chi connectivity index (χ0n) is 19.3. The zero-order chi connectivity index (χ0) is 24.4. The molecule has 13 heteroatoms. The number of aliphatic hydroxyl groups excluding tert-OH is 1. The van der Waals surface area contributed by atoms with Gasteiger partial charge >= 0.3 is 0 Å². The molecule has 2 aromatic heterocycles. The minimum absolute atomic E-state index is 0.0308. The van der Waals surface area contributed by atoms with Crippen molar-refractivity contribution in [1.82, 2.24) is 19.5 Å². The maximum absolute atomic E-state index is 12.1. The second-order valence-corrected chi connectivity index (χ2v) is 16.4. The van der Waals surface area contributed by atoms with Crippen LogP contribution < -0.4 is 11.3 Å². The average molecular weight is 528 g/mol. The largest absolute Gasteiger partial charge is 0.388 e. The molecule has 1 saturated carbocycles. The molecule has 4 N–H and O–H groups in total. The van der Waals surface area contributed by atoms with Gasteiger partial charge < -0.3 is 24.6 Å². The Bertz CT molecular complexity index is 1240. The van der Waals surface area contributed by atoms with Crippen LogP contribution in [-0.2, 0) is 25.6 Å². The van der Waals surface area contributed by atoms with Crippen LogP contribution in [0, 0.1) is 11.8 Å². The van der Waals surface area contributed by atoms with Gasteiger partial charge in [0.15, 0.2) is 17.4 Å². The zero-order valence-corrected chi connectivity index (χ0v) is 21.9. The lowest BCUT2D eigenvalue weighted by atomic mass is 9.77. The maximum atomic E-state index is 12.1. The summed E-state index contributed by atoms with van der Waals surface area (Å²) in [5.74, 6) is 0.174. The van der Waals surface area contributed by atoms with Crippen LogP contribution in [0.3, 0.4) is 0 Å². The smallest absolute Gasteiger partial charge is 0.280 e. The summed E-state index contributed by atoms with van der Waals surface area (Å²) in [6, 6.07) is 0. The van der Waals surface area contributed by atoms with Gasteiger partial charge in [-0.3, -0.25) is 14.3 Å². The monoisotopic (exact) mass is 527 g/mol. The van der Waals surface area contributed by atoms with Gasteiger partial charge in [-0.1, -0.05) is 30.5 Å². The van der Waals surface area contributed by atoms with E-state index >= 15 is 0 Å². The van der Waals surface area contributed by atoms with Crippen molar-refractivity contribution in [2.75, 3.05) is 12.3 Å². The Morgan fingerprint density at radius 1 is 1.59 bits per heavy atom. The summed E-state index contributed by atoms with van der Waals surface area (Å²) in [5, 5.41) is 10.9. The molecule has 0 bridgehead atoms. The molecule has 2 aliphatic heterocycles. The highest BCUT2D eigenvalue weighted by Crippen LogP contribution is 2.75. The van der Waals surface area contributed by atoms with E-state index < -0.39 is 29.7 Å². The third-order valence-electron chi connectivity index (χ3n) is 7.30. The fraction of sp³-hybridized carbons (Fsp3) is 0.667. The number of ether oxygens (including phenoxy) is 1. The number of hydrogen-bond acceptors (Lipinski definition) is 10. The molecule has 0 amide bonds. The van der Waals surface area contributed by atoms with Crippen molar-refractivity contribution in [3.05, 3.63) is 28.8 Å². The molecule has 34 heavy (non-hydrogen) atoms. The van der Waals surface area contributed by atoms with E-state index in [0.29, 0.717) is 5.92 Å². The summed E-state index contributed by atoms with van der Waals surface area (Å²) in [5.41, 5.74) is 4.27. The molecule has 3 aliphatic rings. The maximum Gasteiger partial charge on any atom is 0.280 e. The van der Waals surface area contributed by atoms with E-state index in [1.165, 1.54) is 16.5 Å². The number of nitrogens with zero attached hydrogens (tertiary/aromatic N) is 3. The van der Waals surface area contributed by atoms with Gasteiger partial charge in [0.2, 0.25) is 11.6 Å². The van der Waals surface area contributed by atoms with Gasteiger partial charge in [-0.2, -0.15) is 4.98 Å². The number of nitrogens with two attached hydrogens (primary N) is 1. The van der Waals surface area contributed by atoms with Crippen LogP contribution in [0.1, 0.15) is 46.3 Å². The fourth-order valence-electron chi connectivity index (χ4n) is 5.02. The molecule has 0 unspecified atom stereocenters. The van der Waals surface area contributed by atoms with Crippen molar-refractivity contribution < 1.29 is 18.9 Å². The number of fused-ring (bicyclic) bond motifs is 2. The van der Waals surface area contributed by atoms with E-state index in [0.717, 1.165) is 19.3 Å². The Morgan fingerprint density at radius 2 is 2.35 bits per heavy atom. The topological polar surface area (TPSA) is 138 Å². The van der Waals surface area contributed by atoms with Crippen molar-refractivity contribution in [2.24, 2.45) is 11.8 Å². The Kier molecular flexibility index (Phi) is 6.24. The van der Waals surface area contributed by atoms with Crippen molar-refractivity contribution in [3.63, 3.8) is 0 Å². The number of nitrogen functional groups attached to an aromatic ring is 1. The number of hydrogen-bond donors (Lipinski definition) is 3. The van der Waals surface area contributed by atoms with E-state index in [9.17, 15) is 9.90 Å². The number of imidazole rings is 1. The van der Waals surface area contributed by atoms with Crippen LogP contribution in [0.25, 0.3) is 11.2 Å². The van der Waals surface area contributed by atoms with Crippen LogP contribution in [0.15, 0.2) is 23.3 Å². The quantitative estimate of drug-likeness (QED) is 0.393. The Balaban J connectivity index is 1.29. The Labute approximate surface area is 206 Å². The molecule has 186 valence electrons. The summed E-state index contributed by atoms with van der Waals surface area (Å²) >= 11 is 7.53. The van der Waals surface area contributed by atoms with Crippen molar-refractivity contribution in [1.29, 1.82) is 0 Å². The summed E-state index contributed by atoms with van der Waals surface area (Å²) in [6.45, 7) is 10.5. The first-order chi connectivity index (χ1) is 16.0. The fourth-order valence-corrected chi connectivity index (χ4v) is 12.2. The molecule has 3 fully saturated rings. The highest BCUT2D eigenvalue weighted by molar-refractivity contribution is 8.68. The van der Waals surface area contributed by atoms with Crippen molar-refractivity contribution in [2.45, 2.75) is 69.3 Å². The second kappa shape index (κ2) is 8.69. The third-order valence-corrected chi connectivity index (χ3v) is 13.1. The van der Waals surface area contributed by atoms with Crippen LogP contribution in [-0.4, -0.2) is 54.3 Å². The first-order valence-corrected chi connectivity index (χ1v) is 15.4. The first kappa shape index (κ1) is 24.4. The number of aliphatic hydroxyl groups is 1. The number of nitrogens with one attached hydrogen (secondary N) is 1. The highest BCUT2D eigenvalue weighted by atomic mass is 32.9. The van der Waals surface area contributed by atoms with Crippen LogP contribution >= 0.6 is 17.1 Å². The molecule has 0 radical (unpaired) electrons. The molecule has 8 atom stereocenters. The molecular weight excluding hydrogens is 497 g/mol. The van der Waals surface area contributed by atoms with Gasteiger partial charge in [0.1, 0.15) is 6.10 Å². The minimum Gasteiger partial charge on any atom is -0.388 e. The standard InChI is InChI=1S/C21H30N5O5PS2/c1-10(2)12-5-6-21(4)14(7-12)31-32(33,34-21)29-8-13-11(3)16(27)19(30-13)26-9-23-15-17(26)24-20(22)25-18(15)28/h9,11-14,16,19,27H,1,5-8H2,2-4H3,(H3,22,24,25,28)/t11-,12-,13-,14+,16-,19-,21+,32+/m1/s1. The average Bonchev–Trinajstić information content (AvgIpc) is 3.38. The summed E-state index contributed by atoms with van der Waals surface area (Å²) in [7, 11) is 0. The Morgan fingerprint density at radius 3 is 3.09 bits per heavy atom. The SMILES string of the molecule is C=C(C)[C@@H]1CC[C@]2(C)S[P@@](=S)(OC[C@H]3O[C@@H](n4cnc5c(=O)[nH]c(N)nc54)[C@H](O)[C@@H]3C)O[C@H]2C1. The van der Waals surface area contributed by atoms with Crippen LogP contribution in [0.2, 0.25) is 0 Å². The van der Waals surface area contributed by atoms with Crippen LogP contribution in [0.5, 0.6) is 0 Å². The summed E-state index contributed by atoms with van der Waals surface area (Å²) < 4.78 is 20.2. The van der Waals surface area contributed by atoms with E-state index in [-0.39, 0.29) is 40.5 Å². The molecule has 0 aromatic carbocycles. The lowest BCUT2D eigenvalue weighted by Crippen LogP contribution is -2.39. The minimum atomic E-state index is -2.56. The number of allylic oxidation sites excluding steroid dienone is 1. The number of anilines is 1. The highest BCUT2D eigenvalue weighted by Gasteiger charge is 2.54. The predicted octanol–water partition coefficient (Wildman–Crippen LogP) is 3.10. The van der Waals surface area contributed by atoms with E-state index in [1.807, 2.05) is 6.92 Å². The molecule has 1 aliphatic carbocycles. The molecule has 4 heterocycles. The second-order valence-electron chi connectivity index (χ2n) is 9.75. The van der Waals surface area contributed by atoms with Crippen molar-refractivity contribution in [3.8, 4) is 0 Å². The van der Waals surface area contributed by atoms with Gasteiger partial charge in [0, 0.05) is 10.7 Å². The predicted molar refractivity (Wildman–Crippen MR) is 135 cm³/mol. The lowest BCUT2D eigenvalue weighted by molar-refractivity contribution is -0.0464. The molecule has 10 nitrogen and oxygen atoms in total. The van der Waals surface area contributed by atoms with Gasteiger partial charge in [0.25, 0.3) is 5.56 Å². The molecule has 2 saturated heterocycles.